The van der Waals surface area contributed by atoms with E-state index in [1.54, 1.807) is 6.08 Å². The molecule has 0 aliphatic carbocycles. The van der Waals surface area contributed by atoms with Crippen LogP contribution in [0.2, 0.25) is 0 Å². The van der Waals surface area contributed by atoms with E-state index in [2.05, 4.69) is 10.6 Å². The number of carbonyl (C=O) groups excluding carboxylic acids is 3. The van der Waals surface area contributed by atoms with Crippen molar-refractivity contribution in [1.82, 2.24) is 10.6 Å². The third-order valence-corrected chi connectivity index (χ3v) is 2.72. The van der Waals surface area contributed by atoms with Crippen molar-refractivity contribution in [2.24, 2.45) is 0 Å². The summed E-state index contributed by atoms with van der Waals surface area (Å²) >= 11 is 0. The molecule has 0 saturated carbocycles. The summed E-state index contributed by atoms with van der Waals surface area (Å²) in [5.74, 6) is -0.612. The molecule has 2 amide bonds. The van der Waals surface area contributed by atoms with E-state index in [1.807, 2.05) is 30.3 Å². The second kappa shape index (κ2) is 8.68. The van der Waals surface area contributed by atoms with Gasteiger partial charge in [0.05, 0.1) is 0 Å². The lowest BCUT2D eigenvalue weighted by molar-refractivity contribution is -0.127. The van der Waals surface area contributed by atoms with Crippen molar-refractivity contribution in [2.45, 2.75) is 26.3 Å². The SMILES string of the molecule is CC(=O)/C=C/CNC(=O)[C@H](Cc1ccccc1)NC(C)=O. The largest absolute Gasteiger partial charge is 0.351 e. The molecule has 0 heterocycles. The Labute approximate surface area is 124 Å². The Morgan fingerprint density at radius 1 is 1.14 bits per heavy atom. The summed E-state index contributed by atoms with van der Waals surface area (Å²) in [6, 6.07) is 8.83. The minimum absolute atomic E-state index is 0.0769. The van der Waals surface area contributed by atoms with E-state index in [0.29, 0.717) is 6.42 Å². The molecule has 0 unspecified atom stereocenters. The van der Waals surface area contributed by atoms with Gasteiger partial charge in [-0.3, -0.25) is 14.4 Å². The standard InChI is InChI=1S/C16H20N2O3/c1-12(19)7-6-10-17-16(21)15(18-13(2)20)11-14-8-4-3-5-9-14/h3-9,15H,10-11H2,1-2H3,(H,17,21)(H,18,20)/b7-6+/t15-/m0/s1. The molecule has 0 aliphatic rings. The molecule has 0 fully saturated rings. The number of carbonyl (C=O) groups is 3. The van der Waals surface area contributed by atoms with Crippen molar-refractivity contribution >= 4 is 17.6 Å². The summed E-state index contributed by atoms with van der Waals surface area (Å²) in [6.45, 7) is 3.07. The molecule has 21 heavy (non-hydrogen) atoms. The maximum Gasteiger partial charge on any atom is 0.243 e. The molecule has 0 saturated heterocycles. The second-order valence-corrected chi connectivity index (χ2v) is 4.70. The van der Waals surface area contributed by atoms with Crippen molar-refractivity contribution in [1.29, 1.82) is 0 Å². The summed E-state index contributed by atoms with van der Waals surface area (Å²) in [7, 11) is 0. The van der Waals surface area contributed by atoms with Gasteiger partial charge in [-0.25, -0.2) is 0 Å². The number of ketones is 1. The van der Waals surface area contributed by atoms with Crippen LogP contribution in [0.5, 0.6) is 0 Å². The molecule has 1 aromatic rings. The van der Waals surface area contributed by atoms with Crippen LogP contribution in [0.3, 0.4) is 0 Å². The summed E-state index contributed by atoms with van der Waals surface area (Å²) in [5, 5.41) is 5.31. The number of rotatable bonds is 7. The number of hydrogen-bond donors (Lipinski definition) is 2. The lowest BCUT2D eigenvalue weighted by Gasteiger charge is -2.17. The highest BCUT2D eigenvalue weighted by atomic mass is 16.2. The maximum absolute atomic E-state index is 12.1. The lowest BCUT2D eigenvalue weighted by atomic mass is 10.1. The summed E-state index contributed by atoms with van der Waals surface area (Å²) in [6.07, 6.45) is 3.39. The highest BCUT2D eigenvalue weighted by Crippen LogP contribution is 2.03. The van der Waals surface area contributed by atoms with Gasteiger partial charge in [0.15, 0.2) is 5.78 Å². The van der Waals surface area contributed by atoms with Crippen LogP contribution in [0.1, 0.15) is 19.4 Å². The minimum atomic E-state index is -0.629. The van der Waals surface area contributed by atoms with Crippen LogP contribution in [-0.4, -0.2) is 30.2 Å². The smallest absolute Gasteiger partial charge is 0.243 e. The van der Waals surface area contributed by atoms with E-state index in [0.717, 1.165) is 5.56 Å². The number of amides is 2. The predicted octanol–water partition coefficient (Wildman–Crippen LogP) is 0.995. The highest BCUT2D eigenvalue weighted by molar-refractivity contribution is 5.88. The molecular formula is C16H20N2O3. The van der Waals surface area contributed by atoms with Gasteiger partial charge >= 0.3 is 0 Å². The third kappa shape index (κ3) is 7.06. The van der Waals surface area contributed by atoms with Crippen LogP contribution >= 0.6 is 0 Å². The van der Waals surface area contributed by atoms with Gasteiger partial charge in [0.25, 0.3) is 0 Å². The van der Waals surface area contributed by atoms with Crippen LogP contribution in [0.4, 0.5) is 0 Å². The maximum atomic E-state index is 12.1. The quantitative estimate of drug-likeness (QED) is 0.735. The first kappa shape index (κ1) is 16.6. The van der Waals surface area contributed by atoms with E-state index in [1.165, 1.54) is 19.9 Å². The van der Waals surface area contributed by atoms with E-state index in [9.17, 15) is 14.4 Å². The highest BCUT2D eigenvalue weighted by Gasteiger charge is 2.19. The molecule has 1 atom stereocenters. The Kier molecular flexibility index (Phi) is 6.87. The van der Waals surface area contributed by atoms with Crippen LogP contribution in [0.15, 0.2) is 42.5 Å². The zero-order valence-corrected chi connectivity index (χ0v) is 12.3. The molecule has 1 aromatic carbocycles. The first-order chi connectivity index (χ1) is 9.99. The monoisotopic (exact) mass is 288 g/mol. The number of allylic oxidation sites excluding steroid dienone is 1. The van der Waals surface area contributed by atoms with Crippen molar-refractivity contribution in [3.8, 4) is 0 Å². The van der Waals surface area contributed by atoms with E-state index in [4.69, 9.17) is 0 Å². The molecule has 0 bridgehead atoms. The van der Waals surface area contributed by atoms with Crippen LogP contribution in [0.25, 0.3) is 0 Å². The van der Waals surface area contributed by atoms with Crippen molar-refractivity contribution < 1.29 is 14.4 Å². The fourth-order valence-electron chi connectivity index (χ4n) is 1.81. The molecule has 112 valence electrons. The van der Waals surface area contributed by atoms with Gasteiger partial charge in [-0.2, -0.15) is 0 Å². The fraction of sp³-hybridized carbons (Fsp3) is 0.312. The number of nitrogens with one attached hydrogen (secondary N) is 2. The van der Waals surface area contributed by atoms with Crippen LogP contribution in [0, 0.1) is 0 Å². The van der Waals surface area contributed by atoms with Crippen molar-refractivity contribution in [3.63, 3.8) is 0 Å². The van der Waals surface area contributed by atoms with Gasteiger partial charge in [-0.05, 0) is 18.6 Å². The van der Waals surface area contributed by atoms with Gasteiger partial charge in [0, 0.05) is 19.9 Å². The van der Waals surface area contributed by atoms with Gasteiger partial charge < -0.3 is 10.6 Å². The van der Waals surface area contributed by atoms with Gasteiger partial charge in [0.1, 0.15) is 6.04 Å². The zero-order chi connectivity index (χ0) is 15.7. The third-order valence-electron chi connectivity index (χ3n) is 2.72. The van der Waals surface area contributed by atoms with E-state index < -0.39 is 6.04 Å². The van der Waals surface area contributed by atoms with Gasteiger partial charge in [-0.15, -0.1) is 0 Å². The molecule has 0 aliphatic heterocycles. The molecule has 1 rings (SSSR count). The second-order valence-electron chi connectivity index (χ2n) is 4.70. The van der Waals surface area contributed by atoms with E-state index in [-0.39, 0.29) is 24.1 Å². The molecular weight excluding hydrogens is 268 g/mol. The Hall–Kier alpha value is -2.43. The van der Waals surface area contributed by atoms with Crippen LogP contribution < -0.4 is 10.6 Å². The van der Waals surface area contributed by atoms with Gasteiger partial charge in [-0.1, -0.05) is 36.4 Å². The normalized spacial score (nSPS) is 11.9. The Morgan fingerprint density at radius 2 is 1.81 bits per heavy atom. The molecule has 0 spiro atoms. The average Bonchev–Trinajstić information content (AvgIpc) is 2.43. The number of benzene rings is 1. The van der Waals surface area contributed by atoms with Crippen molar-refractivity contribution in [3.05, 3.63) is 48.0 Å². The Bertz CT molecular complexity index is 524. The van der Waals surface area contributed by atoms with Gasteiger partial charge in [0.2, 0.25) is 11.8 Å². The summed E-state index contributed by atoms with van der Waals surface area (Å²) < 4.78 is 0. The Balaban J connectivity index is 2.62. The number of hydrogen-bond acceptors (Lipinski definition) is 3. The predicted molar refractivity (Wildman–Crippen MR) is 80.6 cm³/mol. The summed E-state index contributed by atoms with van der Waals surface area (Å²) in [5.41, 5.74) is 0.964. The van der Waals surface area contributed by atoms with E-state index >= 15 is 0 Å². The average molecular weight is 288 g/mol. The molecule has 0 radical (unpaired) electrons. The zero-order valence-electron chi connectivity index (χ0n) is 12.3. The summed E-state index contributed by atoms with van der Waals surface area (Å²) in [4.78, 5) is 34.1. The Morgan fingerprint density at radius 3 is 2.38 bits per heavy atom. The molecule has 5 nitrogen and oxygen atoms in total. The van der Waals surface area contributed by atoms with Crippen LogP contribution in [-0.2, 0) is 20.8 Å². The van der Waals surface area contributed by atoms with Crippen molar-refractivity contribution in [2.75, 3.05) is 6.54 Å². The lowest BCUT2D eigenvalue weighted by Crippen LogP contribution is -2.47. The first-order valence-corrected chi connectivity index (χ1v) is 6.75. The first-order valence-electron chi connectivity index (χ1n) is 6.75. The molecule has 5 heteroatoms. The molecule has 0 aromatic heterocycles. The topological polar surface area (TPSA) is 75.3 Å². The minimum Gasteiger partial charge on any atom is -0.351 e. The molecule has 2 N–H and O–H groups in total. The fourth-order valence-corrected chi connectivity index (χ4v) is 1.81.